The normalized spacial score (nSPS) is 12.7. The van der Waals surface area contributed by atoms with Crippen LogP contribution < -0.4 is 21.1 Å². The molecule has 2 rings (SSSR count). The van der Waals surface area contributed by atoms with Crippen molar-refractivity contribution in [1.82, 2.24) is 0 Å². The molecule has 0 aliphatic rings. The van der Waals surface area contributed by atoms with Crippen LogP contribution in [0.1, 0.15) is 23.7 Å². The third-order valence-corrected chi connectivity index (χ3v) is 5.17. The molecular formula is C21H27N3O4S. The van der Waals surface area contributed by atoms with Gasteiger partial charge in [-0.05, 0) is 66.5 Å². The number of methoxy groups -OCH3 is 1. The van der Waals surface area contributed by atoms with Gasteiger partial charge < -0.3 is 26.2 Å². The van der Waals surface area contributed by atoms with E-state index in [1.165, 1.54) is 0 Å². The lowest BCUT2D eigenvalue weighted by Crippen LogP contribution is -2.43. The average Bonchev–Trinajstić information content (AvgIpc) is 2.74. The smallest absolute Gasteiger partial charge is 0.255 e. The topological polar surface area (TPSA) is 114 Å². The monoisotopic (exact) mass is 417 g/mol. The van der Waals surface area contributed by atoms with E-state index in [0.29, 0.717) is 29.1 Å². The molecular weight excluding hydrogens is 390 g/mol. The van der Waals surface area contributed by atoms with E-state index in [1.54, 1.807) is 67.4 Å². The third kappa shape index (κ3) is 7.08. The SMILES string of the molecule is CCSCC[C@@H](N)[C@H](O)C(=O)Nc1ccc(NC(=O)c2ccc(OC)cc2)cc1. The molecule has 156 valence electrons. The fourth-order valence-electron chi connectivity index (χ4n) is 2.51. The zero-order valence-corrected chi connectivity index (χ0v) is 17.4. The molecule has 0 fully saturated rings. The van der Waals surface area contributed by atoms with Crippen molar-refractivity contribution in [2.75, 3.05) is 29.2 Å². The van der Waals surface area contributed by atoms with Crippen LogP contribution in [0.15, 0.2) is 48.5 Å². The molecule has 2 aromatic rings. The number of benzene rings is 2. The summed E-state index contributed by atoms with van der Waals surface area (Å²) in [6.07, 6.45) is -0.717. The fourth-order valence-corrected chi connectivity index (χ4v) is 3.24. The summed E-state index contributed by atoms with van der Waals surface area (Å²) < 4.78 is 5.07. The van der Waals surface area contributed by atoms with Crippen molar-refractivity contribution in [3.05, 3.63) is 54.1 Å². The Labute approximate surface area is 175 Å². The van der Waals surface area contributed by atoms with E-state index in [2.05, 4.69) is 10.6 Å². The van der Waals surface area contributed by atoms with Crippen LogP contribution >= 0.6 is 11.8 Å². The number of aliphatic hydroxyl groups is 1. The summed E-state index contributed by atoms with van der Waals surface area (Å²) in [6, 6.07) is 12.8. The highest BCUT2D eigenvalue weighted by Gasteiger charge is 2.22. The molecule has 2 atom stereocenters. The van der Waals surface area contributed by atoms with E-state index in [4.69, 9.17) is 10.5 Å². The van der Waals surface area contributed by atoms with Crippen molar-refractivity contribution in [2.45, 2.75) is 25.5 Å². The number of anilines is 2. The summed E-state index contributed by atoms with van der Waals surface area (Å²) in [6.45, 7) is 2.04. The zero-order chi connectivity index (χ0) is 21.2. The number of hydrogen-bond acceptors (Lipinski definition) is 6. The highest BCUT2D eigenvalue weighted by molar-refractivity contribution is 7.99. The summed E-state index contributed by atoms with van der Waals surface area (Å²) in [5.41, 5.74) is 7.47. The summed E-state index contributed by atoms with van der Waals surface area (Å²) in [4.78, 5) is 24.4. The van der Waals surface area contributed by atoms with Crippen molar-refractivity contribution in [2.24, 2.45) is 5.73 Å². The quantitative estimate of drug-likeness (QED) is 0.442. The van der Waals surface area contributed by atoms with Gasteiger partial charge in [0.05, 0.1) is 7.11 Å². The van der Waals surface area contributed by atoms with Gasteiger partial charge >= 0.3 is 0 Å². The molecule has 0 radical (unpaired) electrons. The largest absolute Gasteiger partial charge is 0.497 e. The predicted molar refractivity (Wildman–Crippen MR) is 118 cm³/mol. The van der Waals surface area contributed by atoms with E-state index in [0.717, 1.165) is 11.5 Å². The highest BCUT2D eigenvalue weighted by atomic mass is 32.2. The molecule has 7 nitrogen and oxygen atoms in total. The van der Waals surface area contributed by atoms with Gasteiger partial charge in [0.15, 0.2) is 0 Å². The molecule has 8 heteroatoms. The summed E-state index contributed by atoms with van der Waals surface area (Å²) >= 11 is 1.71. The van der Waals surface area contributed by atoms with Crippen molar-refractivity contribution in [3.8, 4) is 5.75 Å². The second-order valence-corrected chi connectivity index (χ2v) is 7.74. The number of aliphatic hydroxyl groups excluding tert-OH is 1. The Kier molecular flexibility index (Phi) is 8.98. The maximum Gasteiger partial charge on any atom is 0.255 e. The van der Waals surface area contributed by atoms with Crippen molar-refractivity contribution in [3.63, 3.8) is 0 Å². The van der Waals surface area contributed by atoms with Gasteiger partial charge in [0.25, 0.3) is 11.8 Å². The van der Waals surface area contributed by atoms with E-state index in [1.807, 2.05) is 6.92 Å². The lowest BCUT2D eigenvalue weighted by atomic mass is 10.1. The molecule has 0 saturated carbocycles. The maximum atomic E-state index is 12.3. The van der Waals surface area contributed by atoms with Gasteiger partial charge in [0.1, 0.15) is 11.9 Å². The Morgan fingerprint density at radius 2 is 1.66 bits per heavy atom. The van der Waals surface area contributed by atoms with Gasteiger partial charge in [-0.25, -0.2) is 0 Å². The van der Waals surface area contributed by atoms with Crippen molar-refractivity contribution >= 4 is 35.0 Å². The van der Waals surface area contributed by atoms with Crippen LogP contribution in [0.5, 0.6) is 5.75 Å². The Balaban J connectivity index is 1.88. The number of nitrogens with one attached hydrogen (secondary N) is 2. The van der Waals surface area contributed by atoms with Gasteiger partial charge in [-0.3, -0.25) is 9.59 Å². The van der Waals surface area contributed by atoms with E-state index in [-0.39, 0.29) is 5.91 Å². The number of thioether (sulfide) groups is 1. The first-order valence-electron chi connectivity index (χ1n) is 9.32. The number of hydrogen-bond donors (Lipinski definition) is 4. The minimum Gasteiger partial charge on any atom is -0.497 e. The Morgan fingerprint density at radius 3 is 2.21 bits per heavy atom. The zero-order valence-electron chi connectivity index (χ0n) is 16.6. The van der Waals surface area contributed by atoms with Gasteiger partial charge in [0.2, 0.25) is 0 Å². The number of carbonyl (C=O) groups is 2. The lowest BCUT2D eigenvalue weighted by molar-refractivity contribution is -0.124. The van der Waals surface area contributed by atoms with Gasteiger partial charge in [0, 0.05) is 23.0 Å². The molecule has 0 unspecified atom stereocenters. The van der Waals surface area contributed by atoms with Gasteiger partial charge in [-0.2, -0.15) is 11.8 Å². The van der Waals surface area contributed by atoms with E-state index < -0.39 is 18.1 Å². The van der Waals surface area contributed by atoms with Crippen LogP contribution in [0.25, 0.3) is 0 Å². The number of carbonyl (C=O) groups excluding carboxylic acids is 2. The summed E-state index contributed by atoms with van der Waals surface area (Å²) in [7, 11) is 1.56. The number of rotatable bonds is 10. The van der Waals surface area contributed by atoms with E-state index in [9.17, 15) is 14.7 Å². The first-order valence-corrected chi connectivity index (χ1v) is 10.5. The Morgan fingerprint density at radius 1 is 1.07 bits per heavy atom. The molecule has 0 saturated heterocycles. The Bertz CT molecular complexity index is 797. The number of amides is 2. The molecule has 0 aliphatic heterocycles. The van der Waals surface area contributed by atoms with Gasteiger partial charge in [-0.15, -0.1) is 0 Å². The van der Waals surface area contributed by atoms with Crippen LogP contribution in [0.2, 0.25) is 0 Å². The lowest BCUT2D eigenvalue weighted by Gasteiger charge is -2.18. The van der Waals surface area contributed by atoms with Crippen LogP contribution in [0.3, 0.4) is 0 Å². The summed E-state index contributed by atoms with van der Waals surface area (Å²) in [5.74, 6) is 1.64. The van der Waals surface area contributed by atoms with Crippen molar-refractivity contribution in [1.29, 1.82) is 0 Å². The molecule has 5 N–H and O–H groups in total. The highest BCUT2D eigenvalue weighted by Crippen LogP contribution is 2.17. The van der Waals surface area contributed by atoms with Crippen LogP contribution in [0, 0.1) is 0 Å². The standard InChI is InChI=1S/C21H27N3O4S/c1-3-29-13-12-18(22)19(25)21(27)24-16-8-6-15(7-9-16)23-20(26)14-4-10-17(28-2)11-5-14/h4-11,18-19,25H,3,12-13,22H2,1-2H3,(H,23,26)(H,24,27)/t18-,19+/m1/s1. The molecule has 0 spiro atoms. The predicted octanol–water partition coefficient (Wildman–Crippen LogP) is 2.72. The van der Waals surface area contributed by atoms with Crippen LogP contribution in [0.4, 0.5) is 11.4 Å². The maximum absolute atomic E-state index is 12.3. The van der Waals surface area contributed by atoms with Crippen molar-refractivity contribution < 1.29 is 19.4 Å². The van der Waals surface area contributed by atoms with Gasteiger partial charge in [-0.1, -0.05) is 6.92 Å². The second kappa shape index (κ2) is 11.5. The molecule has 2 aromatic carbocycles. The third-order valence-electron chi connectivity index (χ3n) is 4.24. The average molecular weight is 418 g/mol. The molecule has 2 amide bonds. The van der Waals surface area contributed by atoms with Crippen LogP contribution in [-0.2, 0) is 4.79 Å². The molecule has 0 aromatic heterocycles. The molecule has 29 heavy (non-hydrogen) atoms. The summed E-state index contributed by atoms with van der Waals surface area (Å²) in [5, 5.41) is 15.5. The molecule has 0 heterocycles. The fraction of sp³-hybridized carbons (Fsp3) is 0.333. The number of ether oxygens (including phenoxy) is 1. The second-order valence-electron chi connectivity index (χ2n) is 6.34. The molecule has 0 aliphatic carbocycles. The Hall–Kier alpha value is -2.55. The number of nitrogens with two attached hydrogens (primary N) is 1. The van der Waals surface area contributed by atoms with E-state index >= 15 is 0 Å². The first kappa shape index (κ1) is 22.7. The minimum atomic E-state index is -1.28. The molecule has 0 bridgehead atoms. The first-order chi connectivity index (χ1) is 13.9. The van der Waals surface area contributed by atoms with Crippen LogP contribution in [-0.4, -0.2) is 47.7 Å². The minimum absolute atomic E-state index is 0.254.